The number of rotatable bonds is 6. The van der Waals surface area contributed by atoms with E-state index >= 15 is 0 Å². The second kappa shape index (κ2) is 8.95. The van der Waals surface area contributed by atoms with E-state index < -0.39 is 0 Å². The average Bonchev–Trinajstić information content (AvgIpc) is 2.60. The van der Waals surface area contributed by atoms with Crippen LogP contribution in [-0.2, 0) is 4.74 Å². The largest absolute Gasteiger partial charge is 0.379 e. The van der Waals surface area contributed by atoms with E-state index in [1.807, 2.05) is 0 Å². The van der Waals surface area contributed by atoms with Gasteiger partial charge in [0.1, 0.15) is 0 Å². The van der Waals surface area contributed by atoms with Crippen LogP contribution in [0.25, 0.3) is 0 Å². The van der Waals surface area contributed by atoms with Crippen LogP contribution >= 0.6 is 0 Å². The third-order valence-electron chi connectivity index (χ3n) is 5.48. The zero-order chi connectivity index (χ0) is 16.8. The van der Waals surface area contributed by atoms with E-state index in [9.17, 15) is 0 Å². The Hall–Kier alpha value is -0.940. The predicted molar refractivity (Wildman–Crippen MR) is 99.4 cm³/mol. The molecule has 0 spiro atoms. The molecule has 2 saturated heterocycles. The van der Waals surface area contributed by atoms with Gasteiger partial charge in [-0.15, -0.1) is 0 Å². The van der Waals surface area contributed by atoms with Crippen LogP contribution in [0.2, 0.25) is 0 Å². The molecule has 3 rings (SSSR count). The van der Waals surface area contributed by atoms with Crippen molar-refractivity contribution in [2.24, 2.45) is 5.92 Å². The van der Waals surface area contributed by atoms with E-state index in [1.165, 1.54) is 37.1 Å². The van der Waals surface area contributed by atoms with Crippen molar-refractivity contribution in [2.45, 2.75) is 25.8 Å². The molecule has 2 aliphatic rings. The van der Waals surface area contributed by atoms with Gasteiger partial charge in [-0.3, -0.25) is 4.90 Å². The first kappa shape index (κ1) is 17.9. The van der Waals surface area contributed by atoms with Crippen molar-refractivity contribution >= 4 is 0 Å². The Morgan fingerprint density at radius 1 is 1.21 bits per heavy atom. The Balaban J connectivity index is 1.63. The molecule has 0 saturated carbocycles. The highest BCUT2D eigenvalue weighted by Gasteiger charge is 2.22. The maximum Gasteiger partial charge on any atom is 0.0594 e. The summed E-state index contributed by atoms with van der Waals surface area (Å²) in [5, 5.41) is 3.91. The van der Waals surface area contributed by atoms with Crippen molar-refractivity contribution in [1.29, 1.82) is 0 Å². The van der Waals surface area contributed by atoms with Crippen molar-refractivity contribution < 1.29 is 4.74 Å². The molecular formula is C20H33N3O. The molecule has 1 aromatic rings. The topological polar surface area (TPSA) is 27.7 Å². The van der Waals surface area contributed by atoms with E-state index in [-0.39, 0.29) is 0 Å². The number of likely N-dealkylation sites (tertiary alicyclic amines) is 1. The van der Waals surface area contributed by atoms with Crippen LogP contribution in [0.1, 0.15) is 30.0 Å². The van der Waals surface area contributed by atoms with E-state index in [0.717, 1.165) is 45.3 Å². The van der Waals surface area contributed by atoms with Crippen LogP contribution in [0.4, 0.5) is 0 Å². The summed E-state index contributed by atoms with van der Waals surface area (Å²) >= 11 is 0. The van der Waals surface area contributed by atoms with Gasteiger partial charge in [0.15, 0.2) is 0 Å². The fraction of sp³-hybridized carbons (Fsp3) is 0.700. The molecule has 0 radical (unpaired) electrons. The van der Waals surface area contributed by atoms with Crippen LogP contribution < -0.4 is 5.32 Å². The highest BCUT2D eigenvalue weighted by molar-refractivity contribution is 5.29. The maximum atomic E-state index is 5.51. The lowest BCUT2D eigenvalue weighted by Gasteiger charge is -2.34. The molecule has 24 heavy (non-hydrogen) atoms. The van der Waals surface area contributed by atoms with E-state index in [0.29, 0.717) is 6.04 Å². The summed E-state index contributed by atoms with van der Waals surface area (Å²) in [4.78, 5) is 5.02. The molecule has 2 fully saturated rings. The van der Waals surface area contributed by atoms with Crippen molar-refractivity contribution in [2.75, 3.05) is 59.5 Å². The number of aryl methyl sites for hydroxylation is 1. The predicted octanol–water partition coefficient (Wildman–Crippen LogP) is 2.30. The molecule has 1 N–H and O–H groups in total. The number of nitrogens with one attached hydrogen (secondary N) is 1. The Labute approximate surface area is 147 Å². The van der Waals surface area contributed by atoms with Crippen LogP contribution in [-0.4, -0.2) is 69.3 Å². The molecule has 1 aromatic carbocycles. The quantitative estimate of drug-likeness (QED) is 0.866. The number of hydrogen-bond donors (Lipinski definition) is 1. The summed E-state index contributed by atoms with van der Waals surface area (Å²) in [5.74, 6) is 0.778. The van der Waals surface area contributed by atoms with Crippen molar-refractivity contribution in [3.63, 3.8) is 0 Å². The molecule has 2 aliphatic heterocycles. The minimum Gasteiger partial charge on any atom is -0.379 e. The van der Waals surface area contributed by atoms with Gasteiger partial charge >= 0.3 is 0 Å². The van der Waals surface area contributed by atoms with Gasteiger partial charge in [0.2, 0.25) is 0 Å². The summed E-state index contributed by atoms with van der Waals surface area (Å²) in [6, 6.07) is 9.25. The zero-order valence-corrected chi connectivity index (χ0v) is 15.3. The van der Waals surface area contributed by atoms with Crippen LogP contribution in [0.3, 0.4) is 0 Å². The van der Waals surface area contributed by atoms with Gasteiger partial charge in [-0.05, 0) is 56.9 Å². The van der Waals surface area contributed by atoms with Crippen LogP contribution in [0, 0.1) is 12.8 Å². The summed E-state index contributed by atoms with van der Waals surface area (Å²) in [7, 11) is 2.25. The molecule has 0 unspecified atom stereocenters. The SMILES string of the molecule is Cc1ccccc1[C@@H](CN1CCOCC1)NC[C@H]1CCCN(C)C1. The highest BCUT2D eigenvalue weighted by Crippen LogP contribution is 2.21. The minimum absolute atomic E-state index is 0.413. The first-order chi connectivity index (χ1) is 11.7. The molecule has 134 valence electrons. The maximum absolute atomic E-state index is 5.51. The number of nitrogens with zero attached hydrogens (tertiary/aromatic N) is 2. The summed E-state index contributed by atoms with van der Waals surface area (Å²) < 4.78 is 5.51. The number of piperidine rings is 1. The van der Waals surface area contributed by atoms with Crippen LogP contribution in [0.5, 0.6) is 0 Å². The van der Waals surface area contributed by atoms with E-state index in [1.54, 1.807) is 0 Å². The number of morpholine rings is 1. The lowest BCUT2D eigenvalue weighted by Crippen LogP contribution is -2.44. The summed E-state index contributed by atoms with van der Waals surface area (Å²) in [6.07, 6.45) is 2.69. The lowest BCUT2D eigenvalue weighted by molar-refractivity contribution is 0.0330. The lowest BCUT2D eigenvalue weighted by atomic mass is 9.96. The Morgan fingerprint density at radius 2 is 2.00 bits per heavy atom. The first-order valence-electron chi connectivity index (χ1n) is 9.50. The summed E-state index contributed by atoms with van der Waals surface area (Å²) in [6.45, 7) is 10.8. The molecule has 0 amide bonds. The molecule has 2 atom stereocenters. The molecule has 0 aliphatic carbocycles. The number of hydrogen-bond acceptors (Lipinski definition) is 4. The first-order valence-corrected chi connectivity index (χ1v) is 9.50. The second-order valence-corrected chi connectivity index (χ2v) is 7.50. The standard InChI is InChI=1S/C20H33N3O/c1-17-6-3-4-8-19(17)20(16-23-10-12-24-13-11-23)21-14-18-7-5-9-22(2)15-18/h3-4,6,8,18,20-21H,5,7,9-16H2,1-2H3/t18-,20-/m1/s1. The Morgan fingerprint density at radius 3 is 2.75 bits per heavy atom. The normalized spacial score (nSPS) is 24.8. The van der Waals surface area contributed by atoms with Crippen molar-refractivity contribution in [3.05, 3.63) is 35.4 Å². The summed E-state index contributed by atoms with van der Waals surface area (Å²) in [5.41, 5.74) is 2.84. The molecule has 4 heteroatoms. The van der Waals surface area contributed by atoms with Gasteiger partial charge in [0.05, 0.1) is 13.2 Å². The minimum atomic E-state index is 0.413. The smallest absolute Gasteiger partial charge is 0.0594 e. The van der Waals surface area contributed by atoms with Crippen LogP contribution in [0.15, 0.2) is 24.3 Å². The van der Waals surface area contributed by atoms with E-state index in [4.69, 9.17) is 4.74 Å². The number of benzene rings is 1. The highest BCUT2D eigenvalue weighted by atomic mass is 16.5. The Bertz CT molecular complexity index is 501. The Kier molecular flexibility index (Phi) is 6.67. The van der Waals surface area contributed by atoms with E-state index in [2.05, 4.69) is 53.4 Å². The average molecular weight is 332 g/mol. The monoisotopic (exact) mass is 331 g/mol. The van der Waals surface area contributed by atoms with Crippen molar-refractivity contribution in [1.82, 2.24) is 15.1 Å². The fourth-order valence-electron chi connectivity index (χ4n) is 4.04. The molecule has 0 aromatic heterocycles. The van der Waals surface area contributed by atoms with Crippen molar-refractivity contribution in [3.8, 4) is 0 Å². The molecule has 0 bridgehead atoms. The van der Waals surface area contributed by atoms with Gasteiger partial charge in [-0.1, -0.05) is 24.3 Å². The zero-order valence-electron chi connectivity index (χ0n) is 15.3. The van der Waals surface area contributed by atoms with Gasteiger partial charge in [-0.25, -0.2) is 0 Å². The van der Waals surface area contributed by atoms with Gasteiger partial charge < -0.3 is 15.0 Å². The third-order valence-corrected chi connectivity index (χ3v) is 5.48. The van der Waals surface area contributed by atoms with Gasteiger partial charge in [-0.2, -0.15) is 0 Å². The van der Waals surface area contributed by atoms with Gasteiger partial charge in [0.25, 0.3) is 0 Å². The third kappa shape index (κ3) is 5.03. The van der Waals surface area contributed by atoms with Gasteiger partial charge in [0, 0.05) is 32.2 Å². The molecule has 2 heterocycles. The number of ether oxygens (including phenoxy) is 1. The molecular weight excluding hydrogens is 298 g/mol. The second-order valence-electron chi connectivity index (χ2n) is 7.50. The molecule has 4 nitrogen and oxygen atoms in total. The fourth-order valence-corrected chi connectivity index (χ4v) is 4.04.